The highest BCUT2D eigenvalue weighted by Gasteiger charge is 2.36. The zero-order chi connectivity index (χ0) is 27.3. The van der Waals surface area contributed by atoms with E-state index in [9.17, 15) is 18.0 Å². The van der Waals surface area contributed by atoms with Gasteiger partial charge in [0.25, 0.3) is 0 Å². The van der Waals surface area contributed by atoms with Crippen molar-refractivity contribution in [2.45, 2.75) is 64.0 Å². The molecular formula is C27H30F3N3O5. The summed E-state index contributed by atoms with van der Waals surface area (Å²) >= 11 is 0. The molecule has 0 amide bonds. The normalized spacial score (nSPS) is 19.6. The number of carbonyl (C=O) groups excluding carboxylic acids is 1. The van der Waals surface area contributed by atoms with Gasteiger partial charge in [-0.2, -0.15) is 0 Å². The average Bonchev–Trinajstić information content (AvgIpc) is 3.27. The van der Waals surface area contributed by atoms with Crippen LogP contribution in [0.15, 0.2) is 48.5 Å². The van der Waals surface area contributed by atoms with Crippen LogP contribution in [0.3, 0.4) is 0 Å². The van der Waals surface area contributed by atoms with Crippen molar-refractivity contribution in [1.82, 2.24) is 15.0 Å². The van der Waals surface area contributed by atoms with Crippen molar-refractivity contribution >= 4 is 5.97 Å². The van der Waals surface area contributed by atoms with Gasteiger partial charge in [0.2, 0.25) is 11.6 Å². The molecule has 0 N–H and O–H groups in total. The van der Waals surface area contributed by atoms with Gasteiger partial charge >= 0.3 is 12.3 Å². The summed E-state index contributed by atoms with van der Waals surface area (Å²) in [5.41, 5.74) is 1.64. The second-order valence-electron chi connectivity index (χ2n) is 9.42. The van der Waals surface area contributed by atoms with Crippen LogP contribution in [0.25, 0.3) is 0 Å². The monoisotopic (exact) mass is 533 g/mol. The van der Waals surface area contributed by atoms with Gasteiger partial charge in [-0.05, 0) is 73.4 Å². The topological polar surface area (TPSA) is 84.7 Å². The van der Waals surface area contributed by atoms with Gasteiger partial charge < -0.3 is 18.9 Å². The molecule has 0 aliphatic heterocycles. The van der Waals surface area contributed by atoms with Crippen LogP contribution in [0.5, 0.6) is 17.4 Å². The van der Waals surface area contributed by atoms with E-state index < -0.39 is 12.3 Å². The fourth-order valence-corrected chi connectivity index (χ4v) is 4.61. The summed E-state index contributed by atoms with van der Waals surface area (Å²) in [7, 11) is 1.59. The van der Waals surface area contributed by atoms with E-state index in [1.807, 2.05) is 24.3 Å². The lowest BCUT2D eigenvalue weighted by molar-refractivity contribution is -0.274. The number of alkyl halides is 3. The van der Waals surface area contributed by atoms with Gasteiger partial charge in [0.15, 0.2) is 0 Å². The Bertz CT molecular complexity index is 1220. The highest BCUT2D eigenvalue weighted by molar-refractivity contribution is 5.89. The number of esters is 1. The molecule has 2 aromatic carbocycles. The second-order valence-corrected chi connectivity index (χ2v) is 9.42. The molecule has 0 radical (unpaired) electrons. The Morgan fingerprint density at radius 1 is 1.05 bits per heavy atom. The predicted molar refractivity (Wildman–Crippen MR) is 131 cm³/mol. The number of aromatic nitrogens is 3. The molecule has 1 aliphatic carbocycles. The molecule has 0 spiro atoms. The van der Waals surface area contributed by atoms with Crippen LogP contribution < -0.4 is 14.2 Å². The summed E-state index contributed by atoms with van der Waals surface area (Å²) in [5, 5.41) is 8.19. The molecule has 1 fully saturated rings. The van der Waals surface area contributed by atoms with Gasteiger partial charge in [0.05, 0.1) is 20.3 Å². The van der Waals surface area contributed by atoms with E-state index in [1.165, 1.54) is 12.1 Å². The number of hydrogen-bond donors (Lipinski definition) is 0. The van der Waals surface area contributed by atoms with Crippen molar-refractivity contribution in [3.63, 3.8) is 0 Å². The minimum Gasteiger partial charge on any atom is -0.497 e. The van der Waals surface area contributed by atoms with Gasteiger partial charge in [0, 0.05) is 0 Å². The van der Waals surface area contributed by atoms with Crippen LogP contribution in [0.1, 0.15) is 61.1 Å². The lowest BCUT2D eigenvalue weighted by Gasteiger charge is -2.37. The average molecular weight is 534 g/mol. The zero-order valence-electron chi connectivity index (χ0n) is 21.5. The number of carbonyl (C=O) groups is 1. The van der Waals surface area contributed by atoms with Crippen LogP contribution in [-0.4, -0.2) is 47.1 Å². The standard InChI is InChI=1S/C27H30F3N3O5/c1-4-36-25(34)23-24(33(32-31-23)17-18-5-9-20(35-3)10-6-18)37-21-13-15-26(2,16-14-21)19-7-11-22(12-8-19)38-27(28,29)30/h5-12,21H,4,13-17H2,1-3H3/t21-,26-. The van der Waals surface area contributed by atoms with Gasteiger partial charge in [-0.3, -0.25) is 0 Å². The molecule has 1 aromatic heterocycles. The summed E-state index contributed by atoms with van der Waals surface area (Å²) < 4.78 is 59.7. The van der Waals surface area contributed by atoms with Crippen molar-refractivity contribution in [3.05, 3.63) is 65.4 Å². The molecule has 1 saturated carbocycles. The van der Waals surface area contributed by atoms with Crippen LogP contribution in [0.2, 0.25) is 0 Å². The molecule has 3 aromatic rings. The summed E-state index contributed by atoms with van der Waals surface area (Å²) in [6.07, 6.45) is -2.09. The highest BCUT2D eigenvalue weighted by atomic mass is 19.4. The summed E-state index contributed by atoms with van der Waals surface area (Å²) in [4.78, 5) is 12.5. The first-order chi connectivity index (χ1) is 18.1. The van der Waals surface area contributed by atoms with Crippen molar-refractivity contribution in [3.8, 4) is 17.4 Å². The lowest BCUT2D eigenvalue weighted by atomic mass is 9.70. The van der Waals surface area contributed by atoms with E-state index >= 15 is 0 Å². The van der Waals surface area contributed by atoms with Gasteiger partial charge in [0.1, 0.15) is 17.6 Å². The van der Waals surface area contributed by atoms with E-state index in [0.29, 0.717) is 19.4 Å². The van der Waals surface area contributed by atoms with Crippen LogP contribution >= 0.6 is 0 Å². The molecule has 1 aliphatic rings. The molecule has 4 rings (SSSR count). The SMILES string of the molecule is CCOC(=O)c1nnn(Cc2ccc(OC)cc2)c1O[C@H]1CC[C@](C)(c2ccc(OC(F)(F)F)cc2)CC1. The number of ether oxygens (including phenoxy) is 4. The van der Waals surface area contributed by atoms with Crippen molar-refractivity contribution in [2.24, 2.45) is 0 Å². The quantitative estimate of drug-likeness (QED) is 0.327. The van der Waals surface area contributed by atoms with E-state index in [-0.39, 0.29) is 35.4 Å². The molecule has 11 heteroatoms. The van der Waals surface area contributed by atoms with E-state index in [1.54, 1.807) is 30.8 Å². The number of rotatable bonds is 9. The summed E-state index contributed by atoms with van der Waals surface area (Å²) in [5.74, 6) is 0.126. The second kappa shape index (κ2) is 11.3. The van der Waals surface area contributed by atoms with Crippen LogP contribution in [0, 0.1) is 0 Å². The molecule has 0 atom stereocenters. The molecule has 0 saturated heterocycles. The summed E-state index contributed by atoms with van der Waals surface area (Å²) in [6, 6.07) is 13.5. The van der Waals surface area contributed by atoms with E-state index in [0.717, 1.165) is 29.7 Å². The zero-order valence-corrected chi connectivity index (χ0v) is 21.5. The van der Waals surface area contributed by atoms with Crippen molar-refractivity contribution < 1.29 is 36.9 Å². The third-order valence-corrected chi connectivity index (χ3v) is 6.75. The number of halogens is 3. The number of hydrogen-bond acceptors (Lipinski definition) is 7. The largest absolute Gasteiger partial charge is 0.573 e. The van der Waals surface area contributed by atoms with Crippen LogP contribution in [-0.2, 0) is 16.7 Å². The molecule has 38 heavy (non-hydrogen) atoms. The number of benzene rings is 2. The molecular weight excluding hydrogens is 503 g/mol. The Hall–Kier alpha value is -3.76. The Morgan fingerprint density at radius 3 is 2.26 bits per heavy atom. The molecule has 0 bridgehead atoms. The minimum atomic E-state index is -4.72. The predicted octanol–water partition coefficient (Wildman–Crippen LogP) is 5.69. The van der Waals surface area contributed by atoms with E-state index in [2.05, 4.69) is 22.0 Å². The van der Waals surface area contributed by atoms with Crippen LogP contribution in [0.4, 0.5) is 13.2 Å². The maximum atomic E-state index is 12.5. The Morgan fingerprint density at radius 2 is 1.68 bits per heavy atom. The minimum absolute atomic E-state index is 0.0222. The van der Waals surface area contributed by atoms with Crippen molar-refractivity contribution in [2.75, 3.05) is 13.7 Å². The Labute approximate surface area is 218 Å². The third-order valence-electron chi connectivity index (χ3n) is 6.75. The Kier molecular flexibility index (Phi) is 8.13. The fourth-order valence-electron chi connectivity index (χ4n) is 4.61. The maximum Gasteiger partial charge on any atom is 0.573 e. The first kappa shape index (κ1) is 27.3. The first-order valence-electron chi connectivity index (χ1n) is 12.4. The number of nitrogens with zero attached hydrogens (tertiary/aromatic N) is 3. The van der Waals surface area contributed by atoms with Gasteiger partial charge in [-0.25, -0.2) is 9.48 Å². The highest BCUT2D eigenvalue weighted by Crippen LogP contribution is 2.41. The maximum absolute atomic E-state index is 12.5. The smallest absolute Gasteiger partial charge is 0.497 e. The van der Waals surface area contributed by atoms with Crippen molar-refractivity contribution in [1.29, 1.82) is 0 Å². The fraction of sp³-hybridized carbons (Fsp3) is 0.444. The van der Waals surface area contributed by atoms with Gasteiger partial charge in [-0.1, -0.05) is 36.4 Å². The number of methoxy groups -OCH3 is 1. The lowest BCUT2D eigenvalue weighted by Crippen LogP contribution is -2.34. The summed E-state index contributed by atoms with van der Waals surface area (Å²) in [6.45, 7) is 4.33. The van der Waals surface area contributed by atoms with Gasteiger partial charge in [-0.15, -0.1) is 18.3 Å². The molecule has 8 nitrogen and oxygen atoms in total. The third kappa shape index (κ3) is 6.56. The first-order valence-corrected chi connectivity index (χ1v) is 12.4. The van der Waals surface area contributed by atoms with E-state index in [4.69, 9.17) is 14.2 Å². The molecule has 0 unspecified atom stereocenters. The molecule has 1 heterocycles. The Balaban J connectivity index is 1.46. The molecule has 204 valence electrons.